The zero-order chi connectivity index (χ0) is 18.1. The fourth-order valence-electron chi connectivity index (χ4n) is 4.01. The van der Waals surface area contributed by atoms with Gasteiger partial charge in [-0.2, -0.15) is 0 Å². The van der Waals surface area contributed by atoms with Crippen LogP contribution in [0.3, 0.4) is 0 Å². The average molecular weight is 378 g/mol. The van der Waals surface area contributed by atoms with Crippen LogP contribution in [0.25, 0.3) is 0 Å². The van der Waals surface area contributed by atoms with Crippen LogP contribution in [0.2, 0.25) is 0 Å². The lowest BCUT2D eigenvalue weighted by Crippen LogP contribution is -2.43. The van der Waals surface area contributed by atoms with E-state index in [9.17, 15) is 9.00 Å². The number of hydrogen-bond acceptors (Lipinski definition) is 4. The minimum atomic E-state index is -0.723. The second kappa shape index (κ2) is 7.10. The zero-order valence-corrected chi connectivity index (χ0v) is 16.0. The summed E-state index contributed by atoms with van der Waals surface area (Å²) in [5.74, 6) is 2.31. The molecule has 2 fully saturated rings. The van der Waals surface area contributed by atoms with Crippen molar-refractivity contribution < 1.29 is 18.5 Å². The Kier molecular flexibility index (Phi) is 4.82. The third kappa shape index (κ3) is 3.54. The van der Waals surface area contributed by atoms with Crippen LogP contribution in [-0.2, 0) is 10.8 Å². The molecule has 2 heterocycles. The fourth-order valence-corrected chi connectivity index (χ4v) is 5.29. The normalized spacial score (nSPS) is 26.5. The molecule has 2 aliphatic heterocycles. The molecule has 2 amide bonds. The summed E-state index contributed by atoms with van der Waals surface area (Å²) in [7, 11) is 1.08. The van der Waals surface area contributed by atoms with Crippen molar-refractivity contribution in [3.8, 4) is 11.5 Å². The zero-order valence-electron chi connectivity index (χ0n) is 15.2. The third-order valence-corrected chi connectivity index (χ3v) is 7.01. The number of ether oxygens (including phenoxy) is 2. The first-order chi connectivity index (χ1) is 12.5. The van der Waals surface area contributed by atoms with Crippen LogP contribution in [0.5, 0.6) is 11.5 Å². The molecule has 0 unspecified atom stereocenters. The van der Waals surface area contributed by atoms with Gasteiger partial charge >= 0.3 is 6.03 Å². The standard InChI is InChI=1S/C19H26N2O4S/c1-21(15-7-11-26(23)12-8-15)18(22)20-14-5-6-16-17(13-14)25-19(24-16)9-3-2-4-10-19/h5-6,13,15H,2-4,7-12H2,1H3,(H,20,22). The first kappa shape index (κ1) is 17.6. The molecule has 1 spiro atoms. The summed E-state index contributed by atoms with van der Waals surface area (Å²) < 4.78 is 23.7. The summed E-state index contributed by atoms with van der Waals surface area (Å²) in [4.78, 5) is 14.3. The summed E-state index contributed by atoms with van der Waals surface area (Å²) in [6.07, 6.45) is 6.88. The highest BCUT2D eigenvalue weighted by molar-refractivity contribution is 7.85. The molecule has 1 aliphatic carbocycles. The maximum atomic E-state index is 12.6. The molecule has 4 rings (SSSR count). The highest BCUT2D eigenvalue weighted by Crippen LogP contribution is 2.46. The number of anilines is 1. The van der Waals surface area contributed by atoms with Crippen molar-refractivity contribution in [3.05, 3.63) is 18.2 Å². The Morgan fingerprint density at radius 1 is 1.15 bits per heavy atom. The summed E-state index contributed by atoms with van der Waals surface area (Å²) in [5, 5.41) is 2.95. The van der Waals surface area contributed by atoms with Gasteiger partial charge in [0.2, 0.25) is 0 Å². The molecular formula is C19H26N2O4S. The smallest absolute Gasteiger partial charge is 0.321 e. The minimum absolute atomic E-state index is 0.145. The number of carbonyl (C=O) groups excluding carboxylic acids is 1. The highest BCUT2D eigenvalue weighted by Gasteiger charge is 2.42. The topological polar surface area (TPSA) is 67.9 Å². The van der Waals surface area contributed by atoms with E-state index in [0.717, 1.165) is 44.3 Å². The molecule has 1 saturated heterocycles. The summed E-state index contributed by atoms with van der Waals surface area (Å²) in [5.41, 5.74) is 0.705. The average Bonchev–Trinajstić information content (AvgIpc) is 2.98. The first-order valence-corrected chi connectivity index (χ1v) is 10.9. The molecule has 1 aromatic carbocycles. The molecule has 6 nitrogen and oxygen atoms in total. The van der Waals surface area contributed by atoms with Gasteiger partial charge in [0, 0.05) is 60.0 Å². The molecule has 0 bridgehead atoms. The van der Waals surface area contributed by atoms with Gasteiger partial charge in [-0.3, -0.25) is 4.21 Å². The van der Waals surface area contributed by atoms with Crippen LogP contribution in [0.4, 0.5) is 10.5 Å². The Hall–Kier alpha value is -1.76. The summed E-state index contributed by atoms with van der Waals surface area (Å²) in [6, 6.07) is 5.57. The van der Waals surface area contributed by atoms with Crippen molar-refractivity contribution in [1.29, 1.82) is 0 Å². The number of hydrogen-bond donors (Lipinski definition) is 1. The lowest BCUT2D eigenvalue weighted by Gasteiger charge is -2.31. The molecule has 26 heavy (non-hydrogen) atoms. The predicted octanol–water partition coefficient (Wildman–Crippen LogP) is 3.49. The lowest BCUT2D eigenvalue weighted by molar-refractivity contribution is -0.105. The SMILES string of the molecule is CN(C(=O)Nc1ccc2c(c1)OC1(CCCCC1)O2)C1CCS(=O)CC1. The van der Waals surface area contributed by atoms with Gasteiger partial charge in [0.25, 0.3) is 5.79 Å². The molecule has 0 aromatic heterocycles. The van der Waals surface area contributed by atoms with Gasteiger partial charge in [0.05, 0.1) is 0 Å². The van der Waals surface area contributed by atoms with Crippen molar-refractivity contribution >= 4 is 22.5 Å². The number of nitrogens with zero attached hydrogens (tertiary/aromatic N) is 1. The van der Waals surface area contributed by atoms with Crippen LogP contribution in [0.1, 0.15) is 44.9 Å². The Bertz CT molecular complexity index is 707. The van der Waals surface area contributed by atoms with E-state index in [4.69, 9.17) is 9.47 Å². The molecular weight excluding hydrogens is 352 g/mol. The summed E-state index contributed by atoms with van der Waals surface area (Å²) in [6.45, 7) is 0. The second-order valence-corrected chi connectivity index (χ2v) is 9.15. The molecule has 3 aliphatic rings. The number of benzene rings is 1. The monoisotopic (exact) mass is 378 g/mol. The van der Waals surface area contributed by atoms with E-state index in [1.807, 2.05) is 18.2 Å². The number of amides is 2. The van der Waals surface area contributed by atoms with Crippen molar-refractivity contribution in [2.45, 2.75) is 56.8 Å². The summed E-state index contributed by atoms with van der Waals surface area (Å²) >= 11 is 0. The van der Waals surface area contributed by atoms with Gasteiger partial charge in [-0.1, -0.05) is 6.42 Å². The number of urea groups is 1. The van der Waals surface area contributed by atoms with Crippen molar-refractivity contribution in [1.82, 2.24) is 4.90 Å². The van der Waals surface area contributed by atoms with E-state index < -0.39 is 16.6 Å². The largest absolute Gasteiger partial charge is 0.448 e. The van der Waals surface area contributed by atoms with Gasteiger partial charge < -0.3 is 19.7 Å². The van der Waals surface area contributed by atoms with Crippen LogP contribution >= 0.6 is 0 Å². The molecule has 1 N–H and O–H groups in total. The molecule has 0 atom stereocenters. The Morgan fingerprint density at radius 3 is 2.58 bits per heavy atom. The van der Waals surface area contributed by atoms with Crippen molar-refractivity contribution in [2.75, 3.05) is 23.9 Å². The van der Waals surface area contributed by atoms with Crippen LogP contribution in [-0.4, -0.2) is 45.5 Å². The Morgan fingerprint density at radius 2 is 1.85 bits per heavy atom. The van der Waals surface area contributed by atoms with E-state index in [1.165, 1.54) is 6.42 Å². The van der Waals surface area contributed by atoms with E-state index in [2.05, 4.69) is 5.32 Å². The van der Waals surface area contributed by atoms with Gasteiger partial charge in [-0.25, -0.2) is 4.79 Å². The van der Waals surface area contributed by atoms with Gasteiger partial charge in [0.15, 0.2) is 11.5 Å². The van der Waals surface area contributed by atoms with Crippen LogP contribution < -0.4 is 14.8 Å². The molecule has 142 valence electrons. The van der Waals surface area contributed by atoms with Crippen molar-refractivity contribution in [3.63, 3.8) is 0 Å². The number of fused-ring (bicyclic) bond motifs is 1. The van der Waals surface area contributed by atoms with Gasteiger partial charge in [-0.05, 0) is 37.8 Å². The maximum absolute atomic E-state index is 12.6. The minimum Gasteiger partial charge on any atom is -0.448 e. The lowest BCUT2D eigenvalue weighted by atomic mass is 9.94. The predicted molar refractivity (Wildman–Crippen MR) is 101 cm³/mol. The van der Waals surface area contributed by atoms with Gasteiger partial charge in [-0.15, -0.1) is 0 Å². The van der Waals surface area contributed by atoms with E-state index in [1.54, 1.807) is 11.9 Å². The Balaban J connectivity index is 1.40. The van der Waals surface area contributed by atoms with Crippen molar-refractivity contribution in [2.24, 2.45) is 0 Å². The highest BCUT2D eigenvalue weighted by atomic mass is 32.2. The molecule has 0 radical (unpaired) electrons. The van der Waals surface area contributed by atoms with E-state index >= 15 is 0 Å². The van der Waals surface area contributed by atoms with Crippen LogP contribution in [0, 0.1) is 0 Å². The number of carbonyl (C=O) groups is 1. The third-order valence-electron chi connectivity index (χ3n) is 5.63. The molecule has 7 heteroatoms. The fraction of sp³-hybridized carbons (Fsp3) is 0.632. The van der Waals surface area contributed by atoms with Crippen LogP contribution in [0.15, 0.2) is 18.2 Å². The molecule has 1 aromatic rings. The maximum Gasteiger partial charge on any atom is 0.321 e. The molecule has 1 saturated carbocycles. The van der Waals surface area contributed by atoms with Gasteiger partial charge in [0.1, 0.15) is 0 Å². The van der Waals surface area contributed by atoms with E-state index in [-0.39, 0.29) is 12.1 Å². The van der Waals surface area contributed by atoms with E-state index in [0.29, 0.717) is 22.9 Å². The number of nitrogens with one attached hydrogen (secondary N) is 1. The first-order valence-electron chi connectivity index (χ1n) is 9.46. The Labute approximate surface area is 156 Å². The quantitative estimate of drug-likeness (QED) is 0.855. The number of rotatable bonds is 2. The second-order valence-electron chi connectivity index (χ2n) is 7.46.